The van der Waals surface area contributed by atoms with Crippen molar-refractivity contribution in [2.24, 2.45) is 0 Å². The fourth-order valence-corrected chi connectivity index (χ4v) is 3.38. The molecule has 0 bridgehead atoms. The van der Waals surface area contributed by atoms with Crippen LogP contribution in [-0.4, -0.2) is 27.0 Å². The Kier molecular flexibility index (Phi) is 3.26. The van der Waals surface area contributed by atoms with Gasteiger partial charge in [0.25, 0.3) is 5.91 Å². The highest BCUT2D eigenvalue weighted by molar-refractivity contribution is 6.07. The zero-order chi connectivity index (χ0) is 16.8. The molecule has 0 spiro atoms. The Morgan fingerprint density at radius 3 is 2.96 bits per heavy atom. The number of nitrogens with zero attached hydrogens (tertiary/aromatic N) is 4. The molecule has 4 rings (SSSR count). The fraction of sp³-hybridized carbons (Fsp3) is 0.278. The molecule has 0 saturated heterocycles. The molecular formula is C18H19N5O. The maximum Gasteiger partial charge on any atom is 0.261 e. The van der Waals surface area contributed by atoms with E-state index in [1.807, 2.05) is 38.1 Å². The monoisotopic (exact) mass is 321 g/mol. The summed E-state index contributed by atoms with van der Waals surface area (Å²) < 4.78 is 1.73. The number of fused-ring (bicyclic) bond motifs is 2. The summed E-state index contributed by atoms with van der Waals surface area (Å²) in [7, 11) is 0. The number of rotatable bonds is 1. The molecule has 0 unspecified atom stereocenters. The number of amides is 1. The summed E-state index contributed by atoms with van der Waals surface area (Å²) in [4.78, 5) is 19.3. The van der Waals surface area contributed by atoms with Gasteiger partial charge in [-0.05, 0) is 44.4 Å². The molecule has 122 valence electrons. The van der Waals surface area contributed by atoms with Crippen molar-refractivity contribution < 1.29 is 4.79 Å². The second-order valence-corrected chi connectivity index (χ2v) is 6.22. The highest BCUT2D eigenvalue weighted by atomic mass is 16.2. The summed E-state index contributed by atoms with van der Waals surface area (Å²) in [5, 5.41) is 4.42. The van der Waals surface area contributed by atoms with E-state index in [1.165, 1.54) is 0 Å². The number of nitrogen functional groups attached to an aromatic ring is 1. The molecule has 6 nitrogen and oxygen atoms in total. The first-order chi connectivity index (χ1) is 11.6. The third-order valence-corrected chi connectivity index (χ3v) is 4.61. The van der Waals surface area contributed by atoms with Crippen LogP contribution in [0.15, 0.2) is 30.5 Å². The minimum absolute atomic E-state index is 0.0541. The van der Waals surface area contributed by atoms with Crippen molar-refractivity contribution in [1.82, 2.24) is 14.6 Å². The summed E-state index contributed by atoms with van der Waals surface area (Å²) in [5.74, 6) is -0.0541. The van der Waals surface area contributed by atoms with E-state index < -0.39 is 0 Å². The fourth-order valence-electron chi connectivity index (χ4n) is 3.38. The topological polar surface area (TPSA) is 76.5 Å². The molecule has 1 aromatic carbocycles. The molecule has 0 atom stereocenters. The zero-order valence-electron chi connectivity index (χ0n) is 13.8. The largest absolute Gasteiger partial charge is 0.398 e. The van der Waals surface area contributed by atoms with Crippen LogP contribution in [0.2, 0.25) is 0 Å². The number of aryl methyl sites for hydroxylation is 2. The predicted octanol–water partition coefficient (Wildman–Crippen LogP) is 2.52. The van der Waals surface area contributed by atoms with Crippen LogP contribution in [0.5, 0.6) is 0 Å². The molecule has 3 heterocycles. The molecule has 3 aromatic rings. The summed E-state index contributed by atoms with van der Waals surface area (Å²) in [6.07, 6.45) is 3.46. The molecule has 0 fully saturated rings. The lowest BCUT2D eigenvalue weighted by Gasteiger charge is -2.30. The highest BCUT2D eigenvalue weighted by Crippen LogP contribution is 2.32. The van der Waals surface area contributed by atoms with Crippen LogP contribution in [0.1, 0.15) is 33.7 Å². The van der Waals surface area contributed by atoms with Gasteiger partial charge >= 0.3 is 0 Å². The maximum atomic E-state index is 13.1. The first kappa shape index (κ1) is 14.7. The Bertz CT molecular complexity index is 959. The summed E-state index contributed by atoms with van der Waals surface area (Å²) in [5.41, 5.74) is 11.8. The molecular weight excluding hydrogens is 302 g/mol. The zero-order valence-corrected chi connectivity index (χ0v) is 13.8. The van der Waals surface area contributed by atoms with Gasteiger partial charge in [0.2, 0.25) is 0 Å². The first-order valence-corrected chi connectivity index (χ1v) is 8.07. The van der Waals surface area contributed by atoms with Crippen LogP contribution in [0.3, 0.4) is 0 Å². The molecule has 0 radical (unpaired) electrons. The highest BCUT2D eigenvalue weighted by Gasteiger charge is 2.26. The van der Waals surface area contributed by atoms with Crippen molar-refractivity contribution in [3.05, 3.63) is 53.0 Å². The van der Waals surface area contributed by atoms with Gasteiger partial charge in [-0.3, -0.25) is 4.79 Å². The van der Waals surface area contributed by atoms with E-state index in [9.17, 15) is 4.79 Å². The second-order valence-electron chi connectivity index (χ2n) is 6.22. The molecule has 0 aliphatic carbocycles. The number of aromatic nitrogens is 3. The maximum absolute atomic E-state index is 13.1. The van der Waals surface area contributed by atoms with E-state index in [0.717, 1.165) is 46.8 Å². The Hall–Kier alpha value is -2.89. The lowest BCUT2D eigenvalue weighted by atomic mass is 9.99. The van der Waals surface area contributed by atoms with Crippen LogP contribution < -0.4 is 10.6 Å². The predicted molar refractivity (Wildman–Crippen MR) is 93.3 cm³/mol. The number of benzene rings is 1. The van der Waals surface area contributed by atoms with E-state index in [0.29, 0.717) is 12.1 Å². The number of nitrogens with two attached hydrogens (primary N) is 1. The number of carbonyl (C=O) groups excluding carboxylic acids is 1. The van der Waals surface area contributed by atoms with Crippen LogP contribution in [0.4, 0.5) is 11.4 Å². The van der Waals surface area contributed by atoms with E-state index in [1.54, 1.807) is 15.6 Å². The molecule has 1 aliphatic heterocycles. The van der Waals surface area contributed by atoms with Gasteiger partial charge in [-0.25, -0.2) is 9.50 Å². The van der Waals surface area contributed by atoms with E-state index in [4.69, 9.17) is 5.73 Å². The van der Waals surface area contributed by atoms with E-state index in [2.05, 4.69) is 10.1 Å². The number of carbonyl (C=O) groups is 1. The van der Waals surface area contributed by atoms with Gasteiger partial charge < -0.3 is 10.6 Å². The van der Waals surface area contributed by atoms with Crippen molar-refractivity contribution >= 4 is 22.9 Å². The van der Waals surface area contributed by atoms with Gasteiger partial charge in [0, 0.05) is 30.2 Å². The minimum Gasteiger partial charge on any atom is -0.398 e. The lowest BCUT2D eigenvalue weighted by molar-refractivity contribution is 0.0983. The molecule has 1 aliphatic rings. The van der Waals surface area contributed by atoms with Gasteiger partial charge in [-0.1, -0.05) is 6.07 Å². The van der Waals surface area contributed by atoms with E-state index >= 15 is 0 Å². The normalized spacial score (nSPS) is 14.0. The van der Waals surface area contributed by atoms with Gasteiger partial charge in [-0.2, -0.15) is 5.10 Å². The molecule has 2 aromatic heterocycles. The van der Waals surface area contributed by atoms with Crippen molar-refractivity contribution in [3.8, 4) is 0 Å². The van der Waals surface area contributed by atoms with Crippen LogP contribution >= 0.6 is 0 Å². The summed E-state index contributed by atoms with van der Waals surface area (Å²) in [6, 6.07) is 7.64. The molecule has 2 N–H and O–H groups in total. The SMILES string of the molecule is Cc1cc2ncc(C(=O)N3CCCc4c(N)cccc43)c(C)n2n1. The van der Waals surface area contributed by atoms with Gasteiger partial charge in [0.15, 0.2) is 5.65 Å². The summed E-state index contributed by atoms with van der Waals surface area (Å²) in [6.45, 7) is 4.50. The van der Waals surface area contributed by atoms with Crippen molar-refractivity contribution in [3.63, 3.8) is 0 Å². The van der Waals surface area contributed by atoms with Crippen LogP contribution in [0, 0.1) is 13.8 Å². The number of anilines is 2. The molecule has 6 heteroatoms. The smallest absolute Gasteiger partial charge is 0.261 e. The third-order valence-electron chi connectivity index (χ3n) is 4.61. The Balaban J connectivity index is 1.81. The lowest BCUT2D eigenvalue weighted by Crippen LogP contribution is -2.36. The van der Waals surface area contributed by atoms with Gasteiger partial charge in [-0.15, -0.1) is 0 Å². The van der Waals surface area contributed by atoms with Crippen LogP contribution in [-0.2, 0) is 6.42 Å². The quantitative estimate of drug-likeness (QED) is 0.699. The molecule has 0 saturated carbocycles. The first-order valence-electron chi connectivity index (χ1n) is 8.07. The Labute approximate surface area is 139 Å². The van der Waals surface area contributed by atoms with Crippen molar-refractivity contribution in [2.75, 3.05) is 17.2 Å². The summed E-state index contributed by atoms with van der Waals surface area (Å²) >= 11 is 0. The van der Waals surface area contributed by atoms with Crippen molar-refractivity contribution in [2.45, 2.75) is 26.7 Å². The van der Waals surface area contributed by atoms with Gasteiger partial charge in [0.05, 0.1) is 17.0 Å². The third kappa shape index (κ3) is 2.14. The van der Waals surface area contributed by atoms with Crippen LogP contribution in [0.25, 0.3) is 5.65 Å². The number of hydrogen-bond donors (Lipinski definition) is 1. The van der Waals surface area contributed by atoms with Gasteiger partial charge in [0.1, 0.15) is 0 Å². The molecule has 1 amide bonds. The molecule has 24 heavy (non-hydrogen) atoms. The van der Waals surface area contributed by atoms with Crippen molar-refractivity contribution in [1.29, 1.82) is 0 Å². The number of hydrogen-bond acceptors (Lipinski definition) is 4. The average molecular weight is 321 g/mol. The Morgan fingerprint density at radius 2 is 2.12 bits per heavy atom. The standard InChI is InChI=1S/C18H19N5O/c1-11-9-17-20-10-14(12(2)23(17)21-11)18(24)22-8-4-5-13-15(19)6-3-7-16(13)22/h3,6-7,9-10H,4-5,8,19H2,1-2H3. The minimum atomic E-state index is -0.0541. The average Bonchev–Trinajstić information content (AvgIpc) is 2.96. The second kappa shape index (κ2) is 5.33. The Morgan fingerprint density at radius 1 is 1.29 bits per heavy atom. The van der Waals surface area contributed by atoms with E-state index in [-0.39, 0.29) is 5.91 Å².